The second-order valence-electron chi connectivity index (χ2n) is 6.19. The van der Waals surface area contributed by atoms with Gasteiger partial charge in [0.1, 0.15) is 5.75 Å². The topological polar surface area (TPSA) is 89.7 Å². The van der Waals surface area contributed by atoms with Gasteiger partial charge in [0, 0.05) is 10.0 Å². The first-order valence-corrected chi connectivity index (χ1v) is 9.96. The Morgan fingerprint density at radius 3 is 2.61 bits per heavy atom. The molecule has 0 spiro atoms. The van der Waals surface area contributed by atoms with E-state index in [9.17, 15) is 14.4 Å². The van der Waals surface area contributed by atoms with E-state index >= 15 is 0 Å². The van der Waals surface area contributed by atoms with E-state index in [1.807, 2.05) is 31.2 Å². The van der Waals surface area contributed by atoms with Crippen LogP contribution >= 0.6 is 27.7 Å². The summed E-state index contributed by atoms with van der Waals surface area (Å²) in [5.41, 5.74) is 7.68. The third-order valence-electron chi connectivity index (χ3n) is 3.96. The zero-order valence-electron chi connectivity index (χ0n) is 15.0. The molecule has 1 aliphatic rings. The molecule has 0 radical (unpaired) electrons. The number of hydrogen-bond acceptors (Lipinski definition) is 5. The largest absolute Gasteiger partial charge is 0.483 e. The maximum absolute atomic E-state index is 12.7. The van der Waals surface area contributed by atoms with E-state index in [4.69, 9.17) is 10.5 Å². The molecule has 1 heterocycles. The summed E-state index contributed by atoms with van der Waals surface area (Å²) in [6.45, 7) is 1.91. The Balaban J connectivity index is 1.84. The highest BCUT2D eigenvalue weighted by Gasteiger charge is 2.35. The molecule has 2 N–H and O–H groups in total. The summed E-state index contributed by atoms with van der Waals surface area (Å²) in [6, 6.07) is 12.8. The van der Waals surface area contributed by atoms with E-state index in [2.05, 4.69) is 15.9 Å². The molecule has 6 nitrogen and oxygen atoms in total. The number of rotatable bonds is 6. The van der Waals surface area contributed by atoms with Crippen LogP contribution < -0.4 is 10.5 Å². The Morgan fingerprint density at radius 2 is 1.93 bits per heavy atom. The number of amides is 3. The van der Waals surface area contributed by atoms with Crippen molar-refractivity contribution in [3.8, 4) is 5.75 Å². The molecular weight excluding hydrogens is 444 g/mol. The lowest BCUT2D eigenvalue weighted by Crippen LogP contribution is -2.27. The van der Waals surface area contributed by atoms with Gasteiger partial charge < -0.3 is 10.5 Å². The van der Waals surface area contributed by atoms with Crippen molar-refractivity contribution in [2.24, 2.45) is 5.73 Å². The van der Waals surface area contributed by atoms with E-state index < -0.39 is 5.91 Å². The molecule has 0 aromatic heterocycles. The third-order valence-corrected chi connectivity index (χ3v) is 5.36. The van der Waals surface area contributed by atoms with Crippen LogP contribution in [0.15, 0.2) is 51.8 Å². The molecule has 0 bridgehead atoms. The average molecular weight is 461 g/mol. The highest BCUT2D eigenvalue weighted by Crippen LogP contribution is 2.35. The second-order valence-corrected chi connectivity index (χ2v) is 8.10. The summed E-state index contributed by atoms with van der Waals surface area (Å²) < 4.78 is 6.17. The SMILES string of the molecule is Cc1ccc(CN2C(=O)S/C(=C\c3cc(Br)ccc3OCC(N)=O)C2=O)cc1. The number of halogens is 1. The second kappa shape index (κ2) is 8.62. The molecule has 8 heteroatoms. The van der Waals surface area contributed by atoms with Crippen LogP contribution in [0.2, 0.25) is 0 Å². The van der Waals surface area contributed by atoms with Gasteiger partial charge in [-0.2, -0.15) is 0 Å². The Hall–Kier alpha value is -2.58. The van der Waals surface area contributed by atoms with Gasteiger partial charge in [0.15, 0.2) is 6.61 Å². The van der Waals surface area contributed by atoms with Gasteiger partial charge in [0.25, 0.3) is 17.1 Å². The summed E-state index contributed by atoms with van der Waals surface area (Å²) in [5, 5.41) is -0.327. The van der Waals surface area contributed by atoms with E-state index in [1.165, 1.54) is 4.90 Å². The monoisotopic (exact) mass is 460 g/mol. The van der Waals surface area contributed by atoms with Crippen LogP contribution in [0.1, 0.15) is 16.7 Å². The molecule has 2 aromatic rings. The lowest BCUT2D eigenvalue weighted by Gasteiger charge is -2.12. The number of nitrogens with zero attached hydrogens (tertiary/aromatic N) is 1. The Morgan fingerprint density at radius 1 is 1.21 bits per heavy atom. The fourth-order valence-corrected chi connectivity index (χ4v) is 3.77. The van der Waals surface area contributed by atoms with Crippen LogP contribution in [0, 0.1) is 6.92 Å². The molecule has 3 amide bonds. The van der Waals surface area contributed by atoms with Crippen LogP contribution in [-0.2, 0) is 16.1 Å². The number of primary amides is 1. The van der Waals surface area contributed by atoms with Crippen molar-refractivity contribution in [3.05, 3.63) is 68.5 Å². The van der Waals surface area contributed by atoms with E-state index in [0.29, 0.717) is 16.2 Å². The molecule has 2 aromatic carbocycles. The predicted molar refractivity (Wildman–Crippen MR) is 112 cm³/mol. The van der Waals surface area contributed by atoms with Gasteiger partial charge in [0.05, 0.1) is 11.4 Å². The molecule has 28 heavy (non-hydrogen) atoms. The number of ether oxygens (including phenoxy) is 1. The number of hydrogen-bond donors (Lipinski definition) is 1. The Bertz CT molecular complexity index is 973. The smallest absolute Gasteiger partial charge is 0.293 e. The van der Waals surface area contributed by atoms with Crippen LogP contribution in [0.3, 0.4) is 0 Å². The van der Waals surface area contributed by atoms with Crippen molar-refractivity contribution in [1.29, 1.82) is 0 Å². The molecule has 3 rings (SSSR count). The number of thioether (sulfide) groups is 1. The van der Waals surface area contributed by atoms with E-state index in [-0.39, 0.29) is 24.3 Å². The fourth-order valence-electron chi connectivity index (χ4n) is 2.57. The first-order chi connectivity index (χ1) is 13.3. The average Bonchev–Trinajstić information content (AvgIpc) is 2.90. The van der Waals surface area contributed by atoms with Gasteiger partial charge in [-0.25, -0.2) is 0 Å². The molecular formula is C20H17BrN2O4S. The van der Waals surface area contributed by atoms with E-state index in [1.54, 1.807) is 24.3 Å². The van der Waals surface area contributed by atoms with Crippen molar-refractivity contribution in [3.63, 3.8) is 0 Å². The molecule has 1 fully saturated rings. The molecule has 144 valence electrons. The summed E-state index contributed by atoms with van der Waals surface area (Å²) >= 11 is 4.24. The molecule has 0 aliphatic carbocycles. The van der Waals surface area contributed by atoms with Crippen LogP contribution in [0.25, 0.3) is 6.08 Å². The predicted octanol–water partition coefficient (Wildman–Crippen LogP) is 3.86. The highest BCUT2D eigenvalue weighted by atomic mass is 79.9. The fraction of sp³-hybridized carbons (Fsp3) is 0.150. The van der Waals surface area contributed by atoms with Crippen molar-refractivity contribution >= 4 is 50.8 Å². The summed E-state index contributed by atoms with van der Waals surface area (Å²) in [6.07, 6.45) is 1.58. The minimum absolute atomic E-state index is 0.214. The van der Waals surface area contributed by atoms with Crippen molar-refractivity contribution in [2.75, 3.05) is 6.61 Å². The molecule has 1 saturated heterocycles. The quantitative estimate of drug-likeness (QED) is 0.660. The zero-order chi connectivity index (χ0) is 20.3. The summed E-state index contributed by atoms with van der Waals surface area (Å²) in [7, 11) is 0. The summed E-state index contributed by atoms with van der Waals surface area (Å²) in [5.74, 6) is -0.573. The van der Waals surface area contributed by atoms with Gasteiger partial charge in [-0.3, -0.25) is 19.3 Å². The third kappa shape index (κ3) is 4.82. The number of carbonyl (C=O) groups is 3. The van der Waals surface area contributed by atoms with Crippen molar-refractivity contribution in [1.82, 2.24) is 4.90 Å². The van der Waals surface area contributed by atoms with Crippen LogP contribution in [0.5, 0.6) is 5.75 Å². The lowest BCUT2D eigenvalue weighted by molar-refractivity contribution is -0.123. The van der Waals surface area contributed by atoms with Crippen LogP contribution in [-0.4, -0.2) is 28.6 Å². The van der Waals surface area contributed by atoms with Gasteiger partial charge in [-0.05, 0) is 48.5 Å². The van der Waals surface area contributed by atoms with Crippen LogP contribution in [0.4, 0.5) is 4.79 Å². The number of imide groups is 1. The Labute approximate surface area is 174 Å². The van der Waals surface area contributed by atoms with Gasteiger partial charge in [-0.15, -0.1) is 0 Å². The zero-order valence-corrected chi connectivity index (χ0v) is 17.4. The number of aryl methyl sites for hydroxylation is 1. The number of benzene rings is 2. The first-order valence-electron chi connectivity index (χ1n) is 8.35. The molecule has 0 unspecified atom stereocenters. The Kier molecular flexibility index (Phi) is 6.21. The minimum Gasteiger partial charge on any atom is -0.483 e. The molecule has 1 aliphatic heterocycles. The normalized spacial score (nSPS) is 15.4. The molecule has 0 atom stereocenters. The van der Waals surface area contributed by atoms with Gasteiger partial charge in [0.2, 0.25) is 0 Å². The van der Waals surface area contributed by atoms with Gasteiger partial charge in [-0.1, -0.05) is 45.8 Å². The van der Waals surface area contributed by atoms with Gasteiger partial charge >= 0.3 is 0 Å². The lowest BCUT2D eigenvalue weighted by atomic mass is 10.1. The number of carbonyl (C=O) groups excluding carboxylic acids is 3. The van der Waals surface area contributed by atoms with Crippen molar-refractivity contribution in [2.45, 2.75) is 13.5 Å². The highest BCUT2D eigenvalue weighted by molar-refractivity contribution is 9.10. The first kappa shape index (κ1) is 20.2. The van der Waals surface area contributed by atoms with Crippen molar-refractivity contribution < 1.29 is 19.1 Å². The standard InChI is InChI=1S/C20H17BrN2O4S/c1-12-2-4-13(5-3-12)10-23-19(25)17(28-20(23)26)9-14-8-15(21)6-7-16(14)27-11-18(22)24/h2-9H,10-11H2,1H3,(H2,22,24)/b17-9-. The maximum Gasteiger partial charge on any atom is 0.293 e. The van der Waals surface area contributed by atoms with E-state index in [0.717, 1.165) is 27.4 Å². The minimum atomic E-state index is -0.604. The maximum atomic E-state index is 12.7. The summed E-state index contributed by atoms with van der Waals surface area (Å²) in [4.78, 5) is 37.6. The number of nitrogens with two attached hydrogens (primary N) is 1. The molecule has 0 saturated carbocycles.